The van der Waals surface area contributed by atoms with E-state index in [1.165, 1.54) is 4.90 Å². The lowest BCUT2D eigenvalue weighted by atomic mass is 10.2. The van der Waals surface area contributed by atoms with Gasteiger partial charge in [0, 0.05) is 13.1 Å². The number of hydrogen-bond donors (Lipinski definition) is 1. The first-order chi connectivity index (χ1) is 6.16. The van der Waals surface area contributed by atoms with Crippen LogP contribution in [0.4, 0.5) is 0 Å². The molecule has 0 aromatic rings. The minimum absolute atomic E-state index is 0.0671. The number of hydrogen-bond acceptors (Lipinski definition) is 2. The third-order valence-corrected chi connectivity index (χ3v) is 2.07. The van der Waals surface area contributed by atoms with Gasteiger partial charge in [-0.25, -0.2) is 0 Å². The van der Waals surface area contributed by atoms with Crippen LogP contribution in [-0.2, 0) is 9.59 Å². The Kier molecular flexibility index (Phi) is 2.91. The van der Waals surface area contributed by atoms with Crippen LogP contribution in [0, 0.1) is 12.3 Å². The van der Waals surface area contributed by atoms with Gasteiger partial charge in [-0.05, 0) is 6.92 Å². The summed E-state index contributed by atoms with van der Waals surface area (Å²) in [5.41, 5.74) is 0. The second-order valence-electron chi connectivity index (χ2n) is 2.94. The van der Waals surface area contributed by atoms with Gasteiger partial charge in [0.2, 0.25) is 11.8 Å². The van der Waals surface area contributed by atoms with E-state index in [9.17, 15) is 9.59 Å². The number of carbonyl (C=O) groups excluding carboxylic acids is 2. The molecule has 2 amide bonds. The molecule has 1 unspecified atom stereocenters. The van der Waals surface area contributed by atoms with Crippen molar-refractivity contribution in [3.8, 4) is 12.3 Å². The van der Waals surface area contributed by atoms with Gasteiger partial charge in [-0.15, -0.1) is 6.42 Å². The zero-order chi connectivity index (χ0) is 9.84. The molecule has 1 N–H and O–H groups in total. The quantitative estimate of drug-likeness (QED) is 0.545. The second kappa shape index (κ2) is 3.94. The van der Waals surface area contributed by atoms with Crippen molar-refractivity contribution in [3.05, 3.63) is 0 Å². The van der Waals surface area contributed by atoms with Crippen molar-refractivity contribution in [2.45, 2.75) is 19.4 Å². The molecule has 1 aliphatic rings. The minimum atomic E-state index is -0.394. The first-order valence-corrected chi connectivity index (χ1v) is 4.17. The lowest BCUT2D eigenvalue weighted by molar-refractivity contribution is -0.141. The van der Waals surface area contributed by atoms with E-state index in [0.29, 0.717) is 13.1 Å². The van der Waals surface area contributed by atoms with Gasteiger partial charge in [-0.1, -0.05) is 5.92 Å². The smallest absolute Gasteiger partial charge is 0.242 e. The highest BCUT2D eigenvalue weighted by Gasteiger charge is 2.28. The molecule has 1 heterocycles. The molecule has 1 atom stereocenters. The molecule has 0 aromatic carbocycles. The third kappa shape index (κ3) is 2.00. The van der Waals surface area contributed by atoms with E-state index < -0.39 is 6.04 Å². The van der Waals surface area contributed by atoms with Crippen LogP contribution in [0.5, 0.6) is 0 Å². The summed E-state index contributed by atoms with van der Waals surface area (Å²) in [7, 11) is 0. The van der Waals surface area contributed by atoms with E-state index in [1.807, 2.05) is 0 Å². The topological polar surface area (TPSA) is 49.4 Å². The molecule has 4 nitrogen and oxygen atoms in total. The first-order valence-electron chi connectivity index (χ1n) is 4.17. The van der Waals surface area contributed by atoms with Crippen molar-refractivity contribution in [2.24, 2.45) is 0 Å². The molecule has 0 aliphatic carbocycles. The lowest BCUT2D eigenvalue weighted by Gasteiger charge is -2.32. The Morgan fingerprint density at radius 1 is 1.85 bits per heavy atom. The Labute approximate surface area is 77.3 Å². The summed E-state index contributed by atoms with van der Waals surface area (Å²) < 4.78 is 0. The maximum atomic E-state index is 11.4. The predicted octanol–water partition coefficient (Wildman–Crippen LogP) is -0.643. The van der Waals surface area contributed by atoms with Crippen molar-refractivity contribution in [3.63, 3.8) is 0 Å². The highest BCUT2D eigenvalue weighted by molar-refractivity contribution is 5.89. The minimum Gasteiger partial charge on any atom is -0.353 e. The summed E-state index contributed by atoms with van der Waals surface area (Å²) >= 11 is 0. The van der Waals surface area contributed by atoms with Crippen molar-refractivity contribution >= 4 is 11.8 Å². The van der Waals surface area contributed by atoms with Crippen LogP contribution < -0.4 is 5.32 Å². The zero-order valence-corrected chi connectivity index (χ0v) is 7.54. The van der Waals surface area contributed by atoms with E-state index in [0.717, 1.165) is 0 Å². The van der Waals surface area contributed by atoms with E-state index in [2.05, 4.69) is 11.2 Å². The van der Waals surface area contributed by atoms with E-state index in [1.54, 1.807) is 6.92 Å². The molecule has 0 spiro atoms. The average molecular weight is 180 g/mol. The summed E-state index contributed by atoms with van der Waals surface area (Å²) in [5.74, 6) is 2.01. The molecule has 70 valence electrons. The molecule has 1 aliphatic heterocycles. The van der Waals surface area contributed by atoms with Gasteiger partial charge < -0.3 is 10.2 Å². The number of nitrogens with one attached hydrogen (secondary N) is 1. The van der Waals surface area contributed by atoms with Gasteiger partial charge in [-0.3, -0.25) is 9.59 Å². The van der Waals surface area contributed by atoms with Gasteiger partial charge in [-0.2, -0.15) is 0 Å². The molecule has 0 aromatic heterocycles. The van der Waals surface area contributed by atoms with Crippen molar-refractivity contribution in [1.82, 2.24) is 10.2 Å². The number of piperazine rings is 1. The number of nitrogens with zero attached hydrogens (tertiary/aromatic N) is 1. The SMILES string of the molecule is C#CCC(=O)N1CCNC(=O)C1C. The van der Waals surface area contributed by atoms with Gasteiger partial charge in [0.1, 0.15) is 6.04 Å². The maximum Gasteiger partial charge on any atom is 0.242 e. The average Bonchev–Trinajstić information content (AvgIpc) is 2.10. The summed E-state index contributed by atoms with van der Waals surface area (Å²) in [6, 6.07) is -0.394. The zero-order valence-electron chi connectivity index (χ0n) is 7.54. The summed E-state index contributed by atoms with van der Waals surface area (Å²) in [5, 5.41) is 2.67. The number of carbonyl (C=O) groups is 2. The van der Waals surface area contributed by atoms with Gasteiger partial charge in [0.15, 0.2) is 0 Å². The Hall–Kier alpha value is -1.50. The fourth-order valence-corrected chi connectivity index (χ4v) is 1.31. The van der Waals surface area contributed by atoms with E-state index >= 15 is 0 Å². The largest absolute Gasteiger partial charge is 0.353 e. The lowest BCUT2D eigenvalue weighted by Crippen LogP contribution is -2.55. The Bertz CT molecular complexity index is 267. The molecule has 13 heavy (non-hydrogen) atoms. The fourth-order valence-electron chi connectivity index (χ4n) is 1.31. The number of rotatable bonds is 1. The van der Waals surface area contributed by atoms with Crippen LogP contribution in [0.1, 0.15) is 13.3 Å². The van der Waals surface area contributed by atoms with Crippen LogP contribution >= 0.6 is 0 Å². The fraction of sp³-hybridized carbons (Fsp3) is 0.556. The molecule has 0 saturated carbocycles. The molecule has 0 bridgehead atoms. The first kappa shape index (κ1) is 9.59. The number of amides is 2. The highest BCUT2D eigenvalue weighted by atomic mass is 16.2. The van der Waals surface area contributed by atoms with Crippen LogP contribution in [0.25, 0.3) is 0 Å². The predicted molar refractivity (Wildman–Crippen MR) is 47.6 cm³/mol. The van der Waals surface area contributed by atoms with Crippen molar-refractivity contribution < 1.29 is 9.59 Å². The summed E-state index contributed by atoms with van der Waals surface area (Å²) in [4.78, 5) is 24.0. The normalized spacial score (nSPS) is 22.0. The summed E-state index contributed by atoms with van der Waals surface area (Å²) in [6.07, 6.45) is 5.09. The van der Waals surface area contributed by atoms with Gasteiger partial charge in [0.25, 0.3) is 0 Å². The van der Waals surface area contributed by atoms with E-state index in [-0.39, 0.29) is 18.2 Å². The molecule has 1 fully saturated rings. The molecule has 4 heteroatoms. The molecular weight excluding hydrogens is 168 g/mol. The summed E-state index contributed by atoms with van der Waals surface area (Å²) in [6.45, 7) is 2.76. The van der Waals surface area contributed by atoms with Gasteiger partial charge >= 0.3 is 0 Å². The number of terminal acetylenes is 1. The highest BCUT2D eigenvalue weighted by Crippen LogP contribution is 2.05. The van der Waals surface area contributed by atoms with Crippen LogP contribution in [0.3, 0.4) is 0 Å². The molecule has 1 saturated heterocycles. The molecule has 1 rings (SSSR count). The second-order valence-corrected chi connectivity index (χ2v) is 2.94. The maximum absolute atomic E-state index is 11.4. The van der Waals surface area contributed by atoms with E-state index in [4.69, 9.17) is 6.42 Å². The van der Waals surface area contributed by atoms with Gasteiger partial charge in [0.05, 0.1) is 6.42 Å². The Balaban J connectivity index is 2.63. The Morgan fingerprint density at radius 2 is 2.54 bits per heavy atom. The van der Waals surface area contributed by atoms with Crippen molar-refractivity contribution in [2.75, 3.05) is 13.1 Å². The Morgan fingerprint density at radius 3 is 3.15 bits per heavy atom. The third-order valence-electron chi connectivity index (χ3n) is 2.07. The van der Waals surface area contributed by atoms with Crippen LogP contribution in [0.2, 0.25) is 0 Å². The molecular formula is C9H12N2O2. The van der Waals surface area contributed by atoms with Crippen LogP contribution in [-0.4, -0.2) is 35.8 Å². The monoisotopic (exact) mass is 180 g/mol. The van der Waals surface area contributed by atoms with Crippen LogP contribution in [0.15, 0.2) is 0 Å². The van der Waals surface area contributed by atoms with Crippen molar-refractivity contribution in [1.29, 1.82) is 0 Å². The standard InChI is InChI=1S/C9H12N2O2/c1-3-4-8(12)11-6-5-10-9(13)7(11)2/h1,7H,4-6H2,2H3,(H,10,13). The molecule has 0 radical (unpaired) electrons.